The lowest BCUT2D eigenvalue weighted by Gasteiger charge is -2.08. The van der Waals surface area contributed by atoms with E-state index in [2.05, 4.69) is 37.2 Å². The fourth-order valence-electron chi connectivity index (χ4n) is 1.52. The molecule has 0 saturated carbocycles. The standard InChI is InChI=1S/C14H10Br2ClNO/c1-8-2-3-9(6-11(8)16)14(19)18-13-5-4-10(15)7-12(13)17/h2-7H,1H3,(H,18,19). The van der Waals surface area contributed by atoms with Gasteiger partial charge in [0.25, 0.3) is 5.91 Å². The molecule has 0 fully saturated rings. The molecule has 0 aliphatic heterocycles. The van der Waals surface area contributed by atoms with Crippen LogP contribution in [0.4, 0.5) is 5.69 Å². The summed E-state index contributed by atoms with van der Waals surface area (Å²) < 4.78 is 1.77. The lowest BCUT2D eigenvalue weighted by Crippen LogP contribution is -2.12. The first-order chi connectivity index (χ1) is 8.97. The van der Waals surface area contributed by atoms with Crippen molar-refractivity contribution in [3.8, 4) is 0 Å². The van der Waals surface area contributed by atoms with Crippen molar-refractivity contribution in [2.24, 2.45) is 0 Å². The van der Waals surface area contributed by atoms with Gasteiger partial charge >= 0.3 is 0 Å². The Kier molecular flexibility index (Phi) is 4.66. The van der Waals surface area contributed by atoms with Crippen LogP contribution in [0.25, 0.3) is 0 Å². The zero-order valence-corrected chi connectivity index (χ0v) is 13.9. The smallest absolute Gasteiger partial charge is 0.255 e. The molecule has 0 unspecified atom stereocenters. The fraction of sp³-hybridized carbons (Fsp3) is 0.0714. The highest BCUT2D eigenvalue weighted by Crippen LogP contribution is 2.26. The first kappa shape index (κ1) is 14.6. The van der Waals surface area contributed by atoms with E-state index in [9.17, 15) is 4.79 Å². The zero-order chi connectivity index (χ0) is 14.0. The number of carbonyl (C=O) groups is 1. The molecular weight excluding hydrogens is 393 g/mol. The van der Waals surface area contributed by atoms with Gasteiger partial charge in [-0.1, -0.05) is 49.5 Å². The number of nitrogens with one attached hydrogen (secondary N) is 1. The normalized spacial score (nSPS) is 10.3. The first-order valence-corrected chi connectivity index (χ1v) is 7.46. The molecule has 1 N–H and O–H groups in total. The number of rotatable bonds is 2. The molecule has 0 saturated heterocycles. The number of hydrogen-bond acceptors (Lipinski definition) is 1. The van der Waals surface area contributed by atoms with Crippen molar-refractivity contribution in [3.05, 3.63) is 61.5 Å². The average molecular weight is 404 g/mol. The Morgan fingerprint density at radius 1 is 1.16 bits per heavy atom. The third kappa shape index (κ3) is 3.59. The van der Waals surface area contributed by atoms with Crippen LogP contribution in [-0.2, 0) is 0 Å². The summed E-state index contributed by atoms with van der Waals surface area (Å²) in [6, 6.07) is 10.8. The molecule has 0 aliphatic carbocycles. The van der Waals surface area contributed by atoms with Crippen LogP contribution in [0.3, 0.4) is 0 Å². The molecule has 19 heavy (non-hydrogen) atoms. The minimum Gasteiger partial charge on any atom is -0.321 e. The zero-order valence-electron chi connectivity index (χ0n) is 10.0. The summed E-state index contributed by atoms with van der Waals surface area (Å²) in [5, 5.41) is 3.28. The topological polar surface area (TPSA) is 29.1 Å². The lowest BCUT2D eigenvalue weighted by molar-refractivity contribution is 0.102. The molecule has 0 heterocycles. The molecule has 0 atom stereocenters. The van der Waals surface area contributed by atoms with Crippen molar-refractivity contribution in [3.63, 3.8) is 0 Å². The van der Waals surface area contributed by atoms with Crippen molar-refractivity contribution < 1.29 is 4.79 Å². The van der Waals surface area contributed by atoms with E-state index in [1.54, 1.807) is 24.3 Å². The number of anilines is 1. The van der Waals surface area contributed by atoms with E-state index in [4.69, 9.17) is 11.6 Å². The summed E-state index contributed by atoms with van der Waals surface area (Å²) in [4.78, 5) is 12.1. The van der Waals surface area contributed by atoms with Crippen LogP contribution < -0.4 is 5.32 Å². The lowest BCUT2D eigenvalue weighted by atomic mass is 10.1. The van der Waals surface area contributed by atoms with E-state index in [0.717, 1.165) is 14.5 Å². The fourth-order valence-corrected chi connectivity index (χ4v) is 2.62. The van der Waals surface area contributed by atoms with Crippen LogP contribution in [0.5, 0.6) is 0 Å². The molecule has 98 valence electrons. The Morgan fingerprint density at radius 3 is 2.53 bits per heavy atom. The maximum atomic E-state index is 12.1. The van der Waals surface area contributed by atoms with E-state index >= 15 is 0 Å². The summed E-state index contributed by atoms with van der Waals surface area (Å²) in [5.74, 6) is -0.190. The van der Waals surface area contributed by atoms with Crippen molar-refractivity contribution in [2.75, 3.05) is 5.32 Å². The number of amides is 1. The Bertz CT molecular complexity index is 643. The number of carbonyl (C=O) groups excluding carboxylic acids is 1. The van der Waals surface area contributed by atoms with Gasteiger partial charge in [0.05, 0.1) is 10.7 Å². The van der Waals surface area contributed by atoms with Gasteiger partial charge in [-0.15, -0.1) is 0 Å². The molecule has 2 nitrogen and oxygen atoms in total. The van der Waals surface area contributed by atoms with Crippen molar-refractivity contribution in [2.45, 2.75) is 6.92 Å². The quantitative estimate of drug-likeness (QED) is 0.712. The molecule has 0 spiro atoms. The second kappa shape index (κ2) is 6.07. The maximum absolute atomic E-state index is 12.1. The van der Waals surface area contributed by atoms with Gasteiger partial charge in [-0.2, -0.15) is 0 Å². The highest BCUT2D eigenvalue weighted by Gasteiger charge is 2.09. The van der Waals surface area contributed by atoms with Gasteiger partial charge in [0.2, 0.25) is 0 Å². The summed E-state index contributed by atoms with van der Waals surface area (Å²) >= 11 is 12.8. The molecule has 2 aromatic rings. The second-order valence-electron chi connectivity index (χ2n) is 4.04. The van der Waals surface area contributed by atoms with Crippen molar-refractivity contribution >= 4 is 55.1 Å². The van der Waals surface area contributed by atoms with Gasteiger partial charge in [0.15, 0.2) is 0 Å². The van der Waals surface area contributed by atoms with E-state index in [1.807, 2.05) is 19.1 Å². The molecule has 1 amide bonds. The summed E-state index contributed by atoms with van der Waals surface area (Å²) in [7, 11) is 0. The molecule has 5 heteroatoms. The summed E-state index contributed by atoms with van der Waals surface area (Å²) in [6.07, 6.45) is 0. The van der Waals surface area contributed by atoms with E-state index < -0.39 is 0 Å². The van der Waals surface area contributed by atoms with Crippen molar-refractivity contribution in [1.29, 1.82) is 0 Å². The van der Waals surface area contributed by atoms with Crippen molar-refractivity contribution in [1.82, 2.24) is 0 Å². The van der Waals surface area contributed by atoms with E-state index in [1.165, 1.54) is 0 Å². The Hall–Kier alpha value is -0.840. The summed E-state index contributed by atoms with van der Waals surface area (Å²) in [6.45, 7) is 1.97. The highest BCUT2D eigenvalue weighted by atomic mass is 79.9. The van der Waals surface area contributed by atoms with Crippen LogP contribution in [0.2, 0.25) is 5.02 Å². The maximum Gasteiger partial charge on any atom is 0.255 e. The van der Waals surface area contributed by atoms with Gasteiger partial charge in [-0.05, 0) is 42.8 Å². The molecule has 2 aromatic carbocycles. The molecule has 0 radical (unpaired) electrons. The monoisotopic (exact) mass is 401 g/mol. The third-order valence-electron chi connectivity index (χ3n) is 2.61. The minimum absolute atomic E-state index is 0.190. The van der Waals surface area contributed by atoms with Crippen LogP contribution in [0.15, 0.2) is 45.3 Å². The predicted molar refractivity (Wildman–Crippen MR) is 86.0 cm³/mol. The molecule has 0 aromatic heterocycles. The number of halogens is 3. The largest absolute Gasteiger partial charge is 0.321 e. The van der Waals surface area contributed by atoms with Gasteiger partial charge in [0, 0.05) is 14.5 Å². The van der Waals surface area contributed by atoms with Crippen LogP contribution in [0, 0.1) is 6.92 Å². The van der Waals surface area contributed by atoms with E-state index in [0.29, 0.717) is 16.3 Å². The Morgan fingerprint density at radius 2 is 1.89 bits per heavy atom. The number of hydrogen-bond donors (Lipinski definition) is 1. The van der Waals surface area contributed by atoms with Gasteiger partial charge in [-0.3, -0.25) is 4.79 Å². The molecule has 0 bridgehead atoms. The average Bonchev–Trinajstić information content (AvgIpc) is 2.36. The minimum atomic E-state index is -0.190. The van der Waals surface area contributed by atoms with Crippen LogP contribution in [0.1, 0.15) is 15.9 Å². The van der Waals surface area contributed by atoms with Crippen LogP contribution in [-0.4, -0.2) is 5.91 Å². The summed E-state index contributed by atoms with van der Waals surface area (Å²) in [5.41, 5.74) is 2.25. The number of benzene rings is 2. The SMILES string of the molecule is Cc1ccc(C(=O)Nc2ccc(Br)cc2Cl)cc1Br. The van der Waals surface area contributed by atoms with Crippen LogP contribution >= 0.6 is 43.5 Å². The Labute approximate surface area is 133 Å². The van der Waals surface area contributed by atoms with Gasteiger partial charge < -0.3 is 5.32 Å². The molecule has 2 rings (SSSR count). The molecular formula is C14H10Br2ClNO. The Balaban J connectivity index is 2.23. The van der Waals surface area contributed by atoms with Gasteiger partial charge in [-0.25, -0.2) is 0 Å². The van der Waals surface area contributed by atoms with Gasteiger partial charge in [0.1, 0.15) is 0 Å². The predicted octanol–water partition coefficient (Wildman–Crippen LogP) is 5.43. The highest BCUT2D eigenvalue weighted by molar-refractivity contribution is 9.10. The molecule has 0 aliphatic rings. The first-order valence-electron chi connectivity index (χ1n) is 5.50. The second-order valence-corrected chi connectivity index (χ2v) is 6.22. The van der Waals surface area contributed by atoms with E-state index in [-0.39, 0.29) is 5.91 Å². The number of aryl methyl sites for hydroxylation is 1. The third-order valence-corrected chi connectivity index (χ3v) is 4.27.